The van der Waals surface area contributed by atoms with Crippen LogP contribution in [0.2, 0.25) is 10.0 Å². The molecule has 49 heavy (non-hydrogen) atoms. The maximum Gasteiger partial charge on any atom is 0.265 e. The minimum absolute atomic E-state index is 0.0269. The van der Waals surface area contributed by atoms with Crippen molar-refractivity contribution in [3.63, 3.8) is 0 Å². The maximum atomic E-state index is 14.7. The predicted molar refractivity (Wildman–Crippen MR) is 189 cm³/mol. The normalized spacial score (nSPS) is 11.7. The molecule has 4 rings (SSSR count). The summed E-state index contributed by atoms with van der Waals surface area (Å²) in [5, 5.41) is 3.22. The van der Waals surface area contributed by atoms with Crippen LogP contribution >= 0.6 is 23.2 Å². The van der Waals surface area contributed by atoms with Crippen LogP contribution in [0.5, 0.6) is 23.0 Å². The molecule has 0 saturated heterocycles. The largest absolute Gasteiger partial charge is 0.497 e. The molecule has 0 radical (unpaired) electrons. The van der Waals surface area contributed by atoms with E-state index >= 15 is 0 Å². The van der Waals surface area contributed by atoms with Gasteiger partial charge in [0.25, 0.3) is 10.0 Å². The number of nitrogens with one attached hydrogen (secondary N) is 1. The zero-order chi connectivity index (χ0) is 35.7. The summed E-state index contributed by atoms with van der Waals surface area (Å²) < 4.78 is 51.7. The summed E-state index contributed by atoms with van der Waals surface area (Å²) in [5.41, 5.74) is 1.38. The van der Waals surface area contributed by atoms with E-state index in [2.05, 4.69) is 5.32 Å². The molecule has 1 atom stereocenters. The molecule has 2 amide bonds. The molecular formula is C35H37Cl2N3O8S. The Morgan fingerprint density at radius 1 is 0.755 bits per heavy atom. The molecule has 0 aromatic heterocycles. The van der Waals surface area contributed by atoms with E-state index in [9.17, 15) is 18.0 Å². The first-order valence-corrected chi connectivity index (χ1v) is 17.1. The van der Waals surface area contributed by atoms with E-state index < -0.39 is 34.4 Å². The Morgan fingerprint density at radius 3 is 2.04 bits per heavy atom. The Hall–Kier alpha value is -4.65. The Morgan fingerprint density at radius 2 is 1.43 bits per heavy atom. The lowest BCUT2D eigenvalue weighted by atomic mass is 10.0. The molecule has 0 aliphatic carbocycles. The molecule has 1 N–H and O–H groups in total. The van der Waals surface area contributed by atoms with Crippen LogP contribution in [0.3, 0.4) is 0 Å². The molecule has 4 aromatic rings. The number of ether oxygens (including phenoxy) is 4. The van der Waals surface area contributed by atoms with E-state index in [-0.39, 0.29) is 40.1 Å². The zero-order valence-electron chi connectivity index (χ0n) is 27.6. The molecule has 11 nitrogen and oxygen atoms in total. The Bertz CT molecular complexity index is 1890. The van der Waals surface area contributed by atoms with Crippen molar-refractivity contribution in [3.05, 3.63) is 106 Å². The summed E-state index contributed by atoms with van der Waals surface area (Å²) >= 11 is 12.5. The van der Waals surface area contributed by atoms with Crippen molar-refractivity contribution in [2.45, 2.75) is 23.9 Å². The summed E-state index contributed by atoms with van der Waals surface area (Å²) in [7, 11) is 2.58. The first-order chi connectivity index (χ1) is 23.5. The van der Waals surface area contributed by atoms with Gasteiger partial charge in [-0.25, -0.2) is 8.42 Å². The molecule has 4 aromatic carbocycles. The lowest BCUT2D eigenvalue weighted by Crippen LogP contribution is -2.53. The van der Waals surface area contributed by atoms with Crippen molar-refractivity contribution in [3.8, 4) is 23.0 Å². The number of halogens is 2. The van der Waals surface area contributed by atoms with E-state index in [0.29, 0.717) is 22.1 Å². The van der Waals surface area contributed by atoms with Gasteiger partial charge in [0.2, 0.25) is 11.8 Å². The Labute approximate surface area is 296 Å². The van der Waals surface area contributed by atoms with Gasteiger partial charge in [0.15, 0.2) is 11.5 Å². The highest BCUT2D eigenvalue weighted by molar-refractivity contribution is 7.92. The number of anilines is 1. The van der Waals surface area contributed by atoms with Crippen molar-refractivity contribution in [2.24, 2.45) is 0 Å². The van der Waals surface area contributed by atoms with E-state index in [1.54, 1.807) is 24.3 Å². The number of likely N-dealkylation sites (N-methyl/N-ethyl adjacent to an activating group) is 1. The van der Waals surface area contributed by atoms with Crippen molar-refractivity contribution >= 4 is 50.7 Å². The van der Waals surface area contributed by atoms with Gasteiger partial charge in [-0.1, -0.05) is 59.6 Å². The summed E-state index contributed by atoms with van der Waals surface area (Å²) in [4.78, 5) is 29.3. The molecule has 0 fully saturated rings. The average molecular weight is 731 g/mol. The average Bonchev–Trinajstić information content (AvgIpc) is 3.12. The highest BCUT2D eigenvalue weighted by atomic mass is 35.5. The fourth-order valence-corrected chi connectivity index (χ4v) is 6.92. The second-order valence-electron chi connectivity index (χ2n) is 10.7. The van der Waals surface area contributed by atoms with Crippen LogP contribution in [0, 0.1) is 0 Å². The predicted octanol–water partition coefficient (Wildman–Crippen LogP) is 5.61. The molecule has 14 heteroatoms. The molecule has 0 unspecified atom stereocenters. The summed E-state index contributed by atoms with van der Waals surface area (Å²) in [6.07, 6.45) is 0.137. The molecule has 0 aliphatic heterocycles. The summed E-state index contributed by atoms with van der Waals surface area (Å²) in [6.45, 7) is -0.829. The van der Waals surface area contributed by atoms with Gasteiger partial charge in [-0.05, 0) is 47.5 Å². The molecular weight excluding hydrogens is 693 g/mol. The number of sulfonamides is 1. The van der Waals surface area contributed by atoms with Gasteiger partial charge in [0.1, 0.15) is 24.1 Å². The van der Waals surface area contributed by atoms with E-state index in [1.807, 2.05) is 30.3 Å². The van der Waals surface area contributed by atoms with Crippen molar-refractivity contribution in [1.29, 1.82) is 0 Å². The number of carbonyl (C=O) groups excluding carboxylic acids is 2. The van der Waals surface area contributed by atoms with Crippen LogP contribution in [0.25, 0.3) is 0 Å². The monoisotopic (exact) mass is 729 g/mol. The minimum atomic E-state index is -4.52. The number of hydrogen-bond donors (Lipinski definition) is 1. The lowest BCUT2D eigenvalue weighted by molar-refractivity contribution is -0.139. The Balaban J connectivity index is 1.89. The van der Waals surface area contributed by atoms with Gasteiger partial charge in [-0.15, -0.1) is 0 Å². The highest BCUT2D eigenvalue weighted by Gasteiger charge is 2.36. The number of amides is 2. The summed E-state index contributed by atoms with van der Waals surface area (Å²) in [5.74, 6) is -0.201. The van der Waals surface area contributed by atoms with Gasteiger partial charge in [-0.2, -0.15) is 0 Å². The Kier molecular flexibility index (Phi) is 12.6. The molecule has 0 heterocycles. The van der Waals surface area contributed by atoms with E-state index in [1.165, 1.54) is 70.7 Å². The van der Waals surface area contributed by atoms with Crippen LogP contribution in [0.1, 0.15) is 11.1 Å². The maximum absolute atomic E-state index is 14.7. The van der Waals surface area contributed by atoms with Gasteiger partial charge < -0.3 is 29.2 Å². The highest BCUT2D eigenvalue weighted by Crippen LogP contribution is 2.38. The van der Waals surface area contributed by atoms with Crippen LogP contribution in [-0.4, -0.2) is 73.2 Å². The summed E-state index contributed by atoms with van der Waals surface area (Å²) in [6, 6.07) is 21.7. The number of benzene rings is 4. The number of carbonyl (C=O) groups is 2. The SMILES string of the molecule is CNC(=O)[C@H](Cc1ccccc1)N(Cc1ccc(Cl)c(Cl)c1)C(=O)CN(c1cc(OC)ccc1OC)S(=O)(=O)c1ccc(OC)c(OC)c1. The quantitative estimate of drug-likeness (QED) is 0.168. The van der Waals surface area contributed by atoms with Crippen LogP contribution in [-0.2, 0) is 32.6 Å². The number of nitrogens with zero attached hydrogens (tertiary/aromatic N) is 2. The third kappa shape index (κ3) is 8.69. The zero-order valence-corrected chi connectivity index (χ0v) is 29.9. The standard InChI is InChI=1S/C35H37Cl2N3O8S/c1-38-35(42)30(18-23-9-7-6-8-10-23)39(21-24-11-14-27(36)28(37)17-24)34(41)22-40(29-19-25(45-2)12-15-31(29)46-3)49(43,44)26-13-16-32(47-4)33(20-26)48-5/h6-17,19-20,30H,18,21-22H2,1-5H3,(H,38,42)/t30-/m0/s1. The molecule has 0 spiro atoms. The smallest absolute Gasteiger partial charge is 0.265 e. The number of methoxy groups -OCH3 is 4. The third-order valence-electron chi connectivity index (χ3n) is 7.73. The van der Waals surface area contributed by atoms with Crippen molar-refractivity contribution < 1.29 is 37.0 Å². The van der Waals surface area contributed by atoms with Crippen LogP contribution in [0.4, 0.5) is 5.69 Å². The molecule has 260 valence electrons. The molecule has 0 saturated carbocycles. The topological polar surface area (TPSA) is 124 Å². The van der Waals surface area contributed by atoms with Gasteiger partial charge in [-0.3, -0.25) is 13.9 Å². The third-order valence-corrected chi connectivity index (χ3v) is 10.2. The second kappa shape index (κ2) is 16.6. The molecule has 0 bridgehead atoms. The van der Waals surface area contributed by atoms with E-state index in [4.69, 9.17) is 42.1 Å². The van der Waals surface area contributed by atoms with Gasteiger partial charge in [0.05, 0.1) is 49.1 Å². The fourth-order valence-electron chi connectivity index (χ4n) is 5.16. The minimum Gasteiger partial charge on any atom is -0.497 e. The second-order valence-corrected chi connectivity index (χ2v) is 13.3. The number of rotatable bonds is 15. The van der Waals surface area contributed by atoms with Crippen LogP contribution < -0.4 is 28.6 Å². The van der Waals surface area contributed by atoms with Gasteiger partial charge in [0, 0.05) is 32.1 Å². The van der Waals surface area contributed by atoms with Crippen LogP contribution in [0.15, 0.2) is 89.8 Å². The lowest BCUT2D eigenvalue weighted by Gasteiger charge is -2.34. The van der Waals surface area contributed by atoms with Crippen molar-refractivity contribution in [1.82, 2.24) is 10.2 Å². The first kappa shape index (κ1) is 37.2. The van der Waals surface area contributed by atoms with Gasteiger partial charge >= 0.3 is 0 Å². The fraction of sp³-hybridized carbons (Fsp3) is 0.257. The number of hydrogen-bond acceptors (Lipinski definition) is 8. The van der Waals surface area contributed by atoms with Crippen molar-refractivity contribution in [2.75, 3.05) is 46.3 Å². The van der Waals surface area contributed by atoms with E-state index in [0.717, 1.165) is 9.87 Å². The first-order valence-electron chi connectivity index (χ1n) is 14.9. The molecule has 0 aliphatic rings.